The molecule has 20 heavy (non-hydrogen) atoms. The number of fused-ring (bicyclic) bond motifs is 1. The fourth-order valence-electron chi connectivity index (χ4n) is 2.29. The van der Waals surface area contributed by atoms with Crippen LogP contribution < -0.4 is 5.32 Å². The lowest BCUT2D eigenvalue weighted by Crippen LogP contribution is -2.03. The van der Waals surface area contributed by atoms with Crippen LogP contribution in [0.1, 0.15) is 22.8 Å². The molecule has 0 radical (unpaired) electrons. The lowest BCUT2D eigenvalue weighted by atomic mass is 9.99. The third kappa shape index (κ3) is 2.46. The van der Waals surface area contributed by atoms with Gasteiger partial charge in [-0.2, -0.15) is 0 Å². The Morgan fingerprint density at radius 1 is 1.20 bits per heavy atom. The number of benzene rings is 2. The lowest BCUT2D eigenvalue weighted by Gasteiger charge is -2.13. The van der Waals surface area contributed by atoms with E-state index in [9.17, 15) is 9.90 Å². The molecular weight excluding hydrogens is 342 g/mol. The first-order valence-corrected chi connectivity index (χ1v) is 7.27. The van der Waals surface area contributed by atoms with Crippen molar-refractivity contribution in [3.63, 3.8) is 0 Å². The van der Waals surface area contributed by atoms with Crippen LogP contribution in [0.4, 0.5) is 5.69 Å². The molecule has 3 rings (SSSR count). The van der Waals surface area contributed by atoms with E-state index in [0.717, 1.165) is 26.9 Å². The second-order valence-corrected chi connectivity index (χ2v) is 5.98. The number of anilines is 1. The first-order valence-electron chi connectivity index (χ1n) is 6.10. The smallest absolute Gasteiger partial charge is 0.228 e. The summed E-state index contributed by atoms with van der Waals surface area (Å²) in [6, 6.07) is 10.8. The van der Waals surface area contributed by atoms with Gasteiger partial charge in [0.25, 0.3) is 0 Å². The molecule has 1 amide bonds. The molecule has 1 heterocycles. The lowest BCUT2D eigenvalue weighted by molar-refractivity contribution is -0.115. The Balaban J connectivity index is 1.94. The average molecular weight is 353 g/mol. The Labute approximate surface area is 129 Å². The van der Waals surface area contributed by atoms with Gasteiger partial charge in [0.2, 0.25) is 5.91 Å². The molecule has 5 heteroatoms. The molecular formula is C15H11BrClNO2. The standard InChI is InChI=1S/C15H11BrClNO2/c16-11-6-9(1-3-12(11)17)15(20)8-2-4-13-10(5-8)7-14(19)18-13/h1-6,15,20H,7H2,(H,18,19). The molecule has 0 aliphatic carbocycles. The molecule has 0 aromatic heterocycles. The minimum atomic E-state index is -0.746. The molecule has 1 aliphatic heterocycles. The fraction of sp³-hybridized carbons (Fsp3) is 0.133. The van der Waals surface area contributed by atoms with Crippen LogP contribution in [-0.2, 0) is 11.2 Å². The molecule has 0 saturated carbocycles. The number of hydrogen-bond donors (Lipinski definition) is 2. The summed E-state index contributed by atoms with van der Waals surface area (Å²) in [6.07, 6.45) is -0.384. The third-order valence-corrected chi connectivity index (χ3v) is 4.54. The van der Waals surface area contributed by atoms with Gasteiger partial charge in [-0.05, 0) is 50.8 Å². The number of rotatable bonds is 2. The van der Waals surface area contributed by atoms with E-state index in [1.807, 2.05) is 18.2 Å². The van der Waals surface area contributed by atoms with Crippen LogP contribution in [-0.4, -0.2) is 11.0 Å². The molecule has 2 N–H and O–H groups in total. The molecule has 1 aliphatic rings. The van der Waals surface area contributed by atoms with Crippen molar-refractivity contribution in [2.45, 2.75) is 12.5 Å². The highest BCUT2D eigenvalue weighted by Crippen LogP contribution is 2.32. The maximum absolute atomic E-state index is 11.3. The van der Waals surface area contributed by atoms with Crippen LogP contribution in [0.2, 0.25) is 5.02 Å². The minimum absolute atomic E-state index is 0.0131. The van der Waals surface area contributed by atoms with Crippen molar-refractivity contribution in [2.24, 2.45) is 0 Å². The van der Waals surface area contributed by atoms with Gasteiger partial charge in [-0.1, -0.05) is 29.8 Å². The predicted molar refractivity (Wildman–Crippen MR) is 82.0 cm³/mol. The molecule has 2 aromatic carbocycles. The van der Waals surface area contributed by atoms with Crippen molar-refractivity contribution in [2.75, 3.05) is 5.32 Å². The van der Waals surface area contributed by atoms with Crippen molar-refractivity contribution in [1.82, 2.24) is 0 Å². The Kier molecular flexibility index (Phi) is 3.54. The van der Waals surface area contributed by atoms with Crippen molar-refractivity contribution >= 4 is 39.1 Å². The SMILES string of the molecule is O=C1Cc2cc(C(O)c3ccc(Cl)c(Br)c3)ccc2N1. The molecule has 102 valence electrons. The largest absolute Gasteiger partial charge is 0.384 e. The van der Waals surface area contributed by atoms with Crippen molar-refractivity contribution < 1.29 is 9.90 Å². The van der Waals surface area contributed by atoms with Gasteiger partial charge < -0.3 is 10.4 Å². The third-order valence-electron chi connectivity index (χ3n) is 3.33. The number of nitrogens with one attached hydrogen (secondary N) is 1. The summed E-state index contributed by atoms with van der Waals surface area (Å²) < 4.78 is 0.744. The number of carbonyl (C=O) groups is 1. The van der Waals surface area contributed by atoms with Crippen LogP contribution in [0.3, 0.4) is 0 Å². The van der Waals surface area contributed by atoms with E-state index in [4.69, 9.17) is 11.6 Å². The zero-order valence-electron chi connectivity index (χ0n) is 10.4. The van der Waals surface area contributed by atoms with Crippen LogP contribution >= 0.6 is 27.5 Å². The first kappa shape index (κ1) is 13.6. The zero-order chi connectivity index (χ0) is 14.3. The van der Waals surface area contributed by atoms with Gasteiger partial charge >= 0.3 is 0 Å². The van der Waals surface area contributed by atoms with Gasteiger partial charge in [0, 0.05) is 10.2 Å². The summed E-state index contributed by atoms with van der Waals surface area (Å²) >= 11 is 9.30. The number of amides is 1. The first-order chi connectivity index (χ1) is 9.54. The summed E-state index contributed by atoms with van der Waals surface area (Å²) in [6.45, 7) is 0. The molecule has 0 saturated heterocycles. The molecule has 1 unspecified atom stereocenters. The second-order valence-electron chi connectivity index (χ2n) is 4.72. The number of halogens is 2. The summed E-state index contributed by atoms with van der Waals surface area (Å²) in [5.74, 6) is -0.0131. The van der Waals surface area contributed by atoms with Crippen molar-refractivity contribution in [3.8, 4) is 0 Å². The summed E-state index contributed by atoms with van der Waals surface area (Å²) in [5, 5.41) is 13.8. The number of aliphatic hydroxyl groups is 1. The second kappa shape index (κ2) is 5.20. The molecule has 0 bridgehead atoms. The van der Waals surface area contributed by atoms with E-state index in [-0.39, 0.29) is 5.91 Å². The topological polar surface area (TPSA) is 49.3 Å². The van der Waals surface area contributed by atoms with E-state index in [0.29, 0.717) is 11.4 Å². The number of aliphatic hydroxyl groups excluding tert-OH is 1. The van der Waals surface area contributed by atoms with E-state index in [2.05, 4.69) is 21.2 Å². The Hall–Kier alpha value is -1.36. The van der Waals surface area contributed by atoms with Crippen molar-refractivity contribution in [3.05, 3.63) is 62.6 Å². The number of carbonyl (C=O) groups excluding carboxylic acids is 1. The maximum Gasteiger partial charge on any atom is 0.228 e. The Morgan fingerprint density at radius 3 is 2.65 bits per heavy atom. The quantitative estimate of drug-likeness (QED) is 0.866. The van der Waals surface area contributed by atoms with Gasteiger partial charge in [-0.3, -0.25) is 4.79 Å². The normalized spacial score (nSPS) is 14.8. The fourth-order valence-corrected chi connectivity index (χ4v) is 2.81. The van der Waals surface area contributed by atoms with E-state index in [1.165, 1.54) is 0 Å². The van der Waals surface area contributed by atoms with E-state index >= 15 is 0 Å². The highest BCUT2D eigenvalue weighted by atomic mass is 79.9. The highest BCUT2D eigenvalue weighted by molar-refractivity contribution is 9.10. The summed E-state index contributed by atoms with van der Waals surface area (Å²) in [4.78, 5) is 11.3. The average Bonchev–Trinajstić information content (AvgIpc) is 2.80. The van der Waals surface area contributed by atoms with Crippen LogP contribution in [0.25, 0.3) is 0 Å². The van der Waals surface area contributed by atoms with Crippen LogP contribution in [0.5, 0.6) is 0 Å². The zero-order valence-corrected chi connectivity index (χ0v) is 12.7. The van der Waals surface area contributed by atoms with Gasteiger partial charge in [-0.15, -0.1) is 0 Å². The van der Waals surface area contributed by atoms with Gasteiger partial charge in [-0.25, -0.2) is 0 Å². The highest BCUT2D eigenvalue weighted by Gasteiger charge is 2.20. The Morgan fingerprint density at radius 2 is 1.90 bits per heavy atom. The molecule has 1 atom stereocenters. The molecule has 0 fully saturated rings. The van der Waals surface area contributed by atoms with Gasteiger partial charge in [0.1, 0.15) is 6.10 Å². The van der Waals surface area contributed by atoms with Gasteiger partial charge in [0.15, 0.2) is 0 Å². The molecule has 2 aromatic rings. The van der Waals surface area contributed by atoms with Crippen molar-refractivity contribution in [1.29, 1.82) is 0 Å². The van der Waals surface area contributed by atoms with E-state index < -0.39 is 6.10 Å². The monoisotopic (exact) mass is 351 g/mol. The summed E-state index contributed by atoms with van der Waals surface area (Å²) in [5.41, 5.74) is 3.25. The van der Waals surface area contributed by atoms with Crippen LogP contribution in [0, 0.1) is 0 Å². The number of hydrogen-bond acceptors (Lipinski definition) is 2. The molecule has 3 nitrogen and oxygen atoms in total. The Bertz CT molecular complexity index is 702. The maximum atomic E-state index is 11.3. The molecule has 0 spiro atoms. The summed E-state index contributed by atoms with van der Waals surface area (Å²) in [7, 11) is 0. The minimum Gasteiger partial charge on any atom is -0.384 e. The predicted octanol–water partition coefficient (Wildman–Crippen LogP) is 3.68. The van der Waals surface area contributed by atoms with E-state index in [1.54, 1.807) is 18.2 Å². The van der Waals surface area contributed by atoms with Gasteiger partial charge in [0.05, 0.1) is 11.4 Å². The van der Waals surface area contributed by atoms with Crippen LogP contribution in [0.15, 0.2) is 40.9 Å².